The summed E-state index contributed by atoms with van der Waals surface area (Å²) < 4.78 is 10.7. The number of hydrogen-bond acceptors (Lipinski definition) is 5. The average Bonchev–Trinajstić information content (AvgIpc) is 2.57. The fraction of sp³-hybridized carbons (Fsp3) is 0.846. The molecule has 2 aliphatic heterocycles. The summed E-state index contributed by atoms with van der Waals surface area (Å²) in [5.41, 5.74) is -0.791. The van der Waals surface area contributed by atoms with E-state index in [9.17, 15) is 9.59 Å². The van der Waals surface area contributed by atoms with E-state index in [1.54, 1.807) is 21.0 Å². The Morgan fingerprint density at radius 2 is 2.15 bits per heavy atom. The number of nitrogens with zero attached hydrogens (tertiary/aromatic N) is 2. The van der Waals surface area contributed by atoms with E-state index < -0.39 is 5.54 Å². The first-order valence-electron chi connectivity index (χ1n) is 6.91. The van der Waals surface area contributed by atoms with Gasteiger partial charge in [-0.2, -0.15) is 0 Å². The SMILES string of the molecule is COCC1CN(CCN2C(=O)NC(C)(C)C2=O)CCO1. The van der Waals surface area contributed by atoms with E-state index in [1.165, 1.54) is 4.90 Å². The summed E-state index contributed by atoms with van der Waals surface area (Å²) in [5.74, 6) is -0.163. The lowest BCUT2D eigenvalue weighted by Gasteiger charge is -2.33. The first kappa shape index (κ1) is 15.2. The minimum atomic E-state index is -0.791. The summed E-state index contributed by atoms with van der Waals surface area (Å²) >= 11 is 0. The third kappa shape index (κ3) is 3.28. The summed E-state index contributed by atoms with van der Waals surface area (Å²) in [7, 11) is 1.65. The number of carbonyl (C=O) groups is 2. The Hall–Kier alpha value is -1.18. The number of urea groups is 1. The van der Waals surface area contributed by atoms with E-state index in [0.717, 1.165) is 13.1 Å². The molecule has 7 nitrogen and oxygen atoms in total. The molecule has 1 atom stereocenters. The van der Waals surface area contributed by atoms with Crippen molar-refractivity contribution in [2.24, 2.45) is 0 Å². The van der Waals surface area contributed by atoms with E-state index in [0.29, 0.717) is 26.3 Å². The molecule has 2 rings (SSSR count). The van der Waals surface area contributed by atoms with Crippen molar-refractivity contribution in [3.8, 4) is 0 Å². The van der Waals surface area contributed by atoms with Gasteiger partial charge in [-0.05, 0) is 13.8 Å². The zero-order valence-corrected chi connectivity index (χ0v) is 12.3. The minimum absolute atomic E-state index is 0.0632. The fourth-order valence-electron chi connectivity index (χ4n) is 2.53. The van der Waals surface area contributed by atoms with Crippen LogP contribution in [0.5, 0.6) is 0 Å². The minimum Gasteiger partial charge on any atom is -0.382 e. The molecule has 0 spiro atoms. The smallest absolute Gasteiger partial charge is 0.325 e. The van der Waals surface area contributed by atoms with Crippen LogP contribution in [0.15, 0.2) is 0 Å². The number of morpholine rings is 1. The molecule has 3 amide bonds. The predicted molar refractivity (Wildman–Crippen MR) is 72.4 cm³/mol. The molecule has 7 heteroatoms. The van der Waals surface area contributed by atoms with Crippen molar-refractivity contribution < 1.29 is 19.1 Å². The largest absolute Gasteiger partial charge is 0.382 e. The highest BCUT2D eigenvalue weighted by Gasteiger charge is 2.44. The van der Waals surface area contributed by atoms with Gasteiger partial charge in [-0.15, -0.1) is 0 Å². The van der Waals surface area contributed by atoms with Crippen molar-refractivity contribution in [2.75, 3.05) is 46.5 Å². The lowest BCUT2D eigenvalue weighted by atomic mass is 10.1. The molecule has 2 saturated heterocycles. The second kappa shape index (κ2) is 6.07. The predicted octanol–water partition coefficient (Wildman–Crippen LogP) is -0.336. The topological polar surface area (TPSA) is 71.1 Å². The zero-order valence-electron chi connectivity index (χ0n) is 12.3. The Morgan fingerprint density at radius 1 is 1.40 bits per heavy atom. The highest BCUT2D eigenvalue weighted by molar-refractivity contribution is 6.06. The lowest BCUT2D eigenvalue weighted by molar-refractivity contribution is -0.130. The van der Waals surface area contributed by atoms with Crippen molar-refractivity contribution in [1.82, 2.24) is 15.1 Å². The van der Waals surface area contributed by atoms with Gasteiger partial charge < -0.3 is 14.8 Å². The van der Waals surface area contributed by atoms with Gasteiger partial charge in [0.05, 0.1) is 19.3 Å². The van der Waals surface area contributed by atoms with Crippen LogP contribution in [-0.4, -0.2) is 79.9 Å². The normalized spacial score (nSPS) is 26.9. The van der Waals surface area contributed by atoms with Crippen LogP contribution in [-0.2, 0) is 14.3 Å². The molecule has 0 bridgehead atoms. The van der Waals surface area contributed by atoms with Crippen LogP contribution in [0, 0.1) is 0 Å². The molecule has 0 aromatic rings. The number of ether oxygens (including phenoxy) is 2. The maximum Gasteiger partial charge on any atom is 0.325 e. The van der Waals surface area contributed by atoms with Gasteiger partial charge in [-0.1, -0.05) is 0 Å². The molecule has 2 aliphatic rings. The van der Waals surface area contributed by atoms with Gasteiger partial charge >= 0.3 is 6.03 Å². The molecule has 2 fully saturated rings. The van der Waals surface area contributed by atoms with Gasteiger partial charge in [0.1, 0.15) is 5.54 Å². The molecule has 0 aromatic carbocycles. The number of amides is 3. The molecule has 1 unspecified atom stereocenters. The summed E-state index contributed by atoms with van der Waals surface area (Å²) in [6, 6.07) is -0.304. The second-order valence-electron chi connectivity index (χ2n) is 5.76. The number of rotatable bonds is 5. The van der Waals surface area contributed by atoms with Crippen LogP contribution in [0.2, 0.25) is 0 Å². The average molecular weight is 285 g/mol. The van der Waals surface area contributed by atoms with Crippen LogP contribution in [0.4, 0.5) is 4.79 Å². The number of carbonyl (C=O) groups excluding carboxylic acids is 2. The molecule has 1 N–H and O–H groups in total. The van der Waals surface area contributed by atoms with E-state index in [2.05, 4.69) is 10.2 Å². The Morgan fingerprint density at radius 3 is 2.75 bits per heavy atom. The van der Waals surface area contributed by atoms with Gasteiger partial charge in [0.25, 0.3) is 5.91 Å². The van der Waals surface area contributed by atoms with Crippen molar-refractivity contribution in [1.29, 1.82) is 0 Å². The Balaban J connectivity index is 1.83. The van der Waals surface area contributed by atoms with Crippen molar-refractivity contribution in [3.05, 3.63) is 0 Å². The molecule has 0 aliphatic carbocycles. The molecule has 20 heavy (non-hydrogen) atoms. The van der Waals surface area contributed by atoms with Gasteiger partial charge in [-0.3, -0.25) is 14.6 Å². The fourth-order valence-corrected chi connectivity index (χ4v) is 2.53. The molecule has 114 valence electrons. The number of nitrogens with one attached hydrogen (secondary N) is 1. The van der Waals surface area contributed by atoms with Gasteiger partial charge in [-0.25, -0.2) is 4.79 Å². The molecular weight excluding hydrogens is 262 g/mol. The third-order valence-electron chi connectivity index (χ3n) is 3.66. The zero-order chi connectivity index (χ0) is 14.8. The number of methoxy groups -OCH3 is 1. The van der Waals surface area contributed by atoms with Crippen LogP contribution in [0.1, 0.15) is 13.8 Å². The summed E-state index contributed by atoms with van der Waals surface area (Å²) in [4.78, 5) is 27.3. The molecule has 0 aromatic heterocycles. The summed E-state index contributed by atoms with van der Waals surface area (Å²) in [6.07, 6.45) is 0.0632. The second-order valence-corrected chi connectivity index (χ2v) is 5.76. The Bertz CT molecular complexity index is 384. The van der Waals surface area contributed by atoms with Crippen molar-refractivity contribution in [2.45, 2.75) is 25.5 Å². The summed E-state index contributed by atoms with van der Waals surface area (Å²) in [6.45, 7) is 7.31. The van der Waals surface area contributed by atoms with E-state index in [-0.39, 0.29) is 18.0 Å². The summed E-state index contributed by atoms with van der Waals surface area (Å²) in [5, 5.41) is 2.68. The molecule has 0 saturated carbocycles. The maximum atomic E-state index is 12.1. The monoisotopic (exact) mass is 285 g/mol. The van der Waals surface area contributed by atoms with Crippen molar-refractivity contribution >= 4 is 11.9 Å². The van der Waals surface area contributed by atoms with E-state index in [4.69, 9.17) is 9.47 Å². The van der Waals surface area contributed by atoms with Crippen LogP contribution in [0.3, 0.4) is 0 Å². The standard InChI is InChI=1S/C13H23N3O4/c1-13(2)11(17)16(12(18)14-13)5-4-15-6-7-20-10(8-15)9-19-3/h10H,4-9H2,1-3H3,(H,14,18). The highest BCUT2D eigenvalue weighted by atomic mass is 16.5. The van der Waals surface area contributed by atoms with Gasteiger partial charge in [0, 0.05) is 33.3 Å². The van der Waals surface area contributed by atoms with Crippen LogP contribution >= 0.6 is 0 Å². The number of imide groups is 1. The Labute approximate surface area is 119 Å². The maximum absolute atomic E-state index is 12.1. The number of hydrogen-bond donors (Lipinski definition) is 1. The quantitative estimate of drug-likeness (QED) is 0.700. The molecule has 2 heterocycles. The molecule has 0 radical (unpaired) electrons. The van der Waals surface area contributed by atoms with Gasteiger partial charge in [0.15, 0.2) is 0 Å². The lowest BCUT2D eigenvalue weighted by Crippen LogP contribution is -2.48. The third-order valence-corrected chi connectivity index (χ3v) is 3.66. The van der Waals surface area contributed by atoms with Gasteiger partial charge in [0.2, 0.25) is 0 Å². The first-order chi connectivity index (χ1) is 9.44. The van der Waals surface area contributed by atoms with Crippen molar-refractivity contribution in [3.63, 3.8) is 0 Å². The van der Waals surface area contributed by atoms with Crippen LogP contribution in [0.25, 0.3) is 0 Å². The first-order valence-corrected chi connectivity index (χ1v) is 6.91. The van der Waals surface area contributed by atoms with Crippen LogP contribution < -0.4 is 5.32 Å². The van der Waals surface area contributed by atoms with E-state index >= 15 is 0 Å². The highest BCUT2D eigenvalue weighted by Crippen LogP contribution is 2.16. The van der Waals surface area contributed by atoms with E-state index in [1.807, 2.05) is 0 Å². The molecular formula is C13H23N3O4. The Kier molecular flexibility index (Phi) is 4.62.